The molecule has 1 aromatic carbocycles. The van der Waals surface area contributed by atoms with Gasteiger partial charge < -0.3 is 31.0 Å². The molecule has 8 heteroatoms. The molecule has 0 aliphatic rings. The maximum atomic E-state index is 11.6. The van der Waals surface area contributed by atoms with Gasteiger partial charge in [0.2, 0.25) is 0 Å². The quantitative estimate of drug-likeness (QED) is 0.464. The summed E-state index contributed by atoms with van der Waals surface area (Å²) in [5.41, 5.74) is 5.89. The minimum atomic E-state index is -1.29. The number of ether oxygens (including phenoxy) is 2. The van der Waals surface area contributed by atoms with Crippen molar-refractivity contribution in [2.24, 2.45) is 0 Å². The summed E-state index contributed by atoms with van der Waals surface area (Å²) in [5.74, 6) is -0.988. The molecule has 0 spiro atoms. The third-order valence-corrected chi connectivity index (χ3v) is 2.60. The molecule has 0 heterocycles. The smallest absolute Gasteiger partial charge is 0.408 e. The van der Waals surface area contributed by atoms with Gasteiger partial charge in [-0.15, -0.1) is 0 Å². The lowest BCUT2D eigenvalue weighted by atomic mass is 10.2. The summed E-state index contributed by atoms with van der Waals surface area (Å²) in [4.78, 5) is 22.8. The number of hydrogen-bond acceptors (Lipinski definition) is 6. The van der Waals surface area contributed by atoms with E-state index in [1.165, 1.54) is 12.1 Å². The summed E-state index contributed by atoms with van der Waals surface area (Å²) in [6.07, 6.45) is 0.283. The van der Waals surface area contributed by atoms with E-state index in [2.05, 4.69) is 5.32 Å². The predicted octanol–water partition coefficient (Wildman–Crippen LogP) is 1.62. The number of carboxylic acids is 1. The van der Waals surface area contributed by atoms with Crippen LogP contribution in [0.2, 0.25) is 0 Å². The van der Waals surface area contributed by atoms with Gasteiger partial charge >= 0.3 is 12.1 Å². The molecule has 0 bridgehead atoms. The van der Waals surface area contributed by atoms with Gasteiger partial charge in [-0.2, -0.15) is 0 Å². The number of nitrogens with one attached hydrogen (secondary N) is 2. The Morgan fingerprint density at radius 2 is 2.09 bits per heavy atom. The Morgan fingerprint density at radius 1 is 1.43 bits per heavy atom. The van der Waals surface area contributed by atoms with Gasteiger partial charge in [0, 0.05) is 6.21 Å². The highest BCUT2D eigenvalue weighted by molar-refractivity contribution is 5.81. The van der Waals surface area contributed by atoms with Crippen LogP contribution in [0.3, 0.4) is 0 Å². The molecule has 1 rings (SSSR count). The van der Waals surface area contributed by atoms with E-state index in [1.54, 1.807) is 26.8 Å². The van der Waals surface area contributed by atoms with Gasteiger partial charge in [-0.1, -0.05) is 0 Å². The number of benzene rings is 1. The lowest BCUT2D eigenvalue weighted by Crippen LogP contribution is -2.46. The third-order valence-electron chi connectivity index (χ3n) is 2.60. The molecule has 0 unspecified atom stereocenters. The van der Waals surface area contributed by atoms with Gasteiger partial charge in [0.05, 0.1) is 5.69 Å². The standard InChI is InChI=1S/C15H21N3O5/c1-15(2,3)23-14(21)18-11(13(19)20)8-22-12-5-4-9(7-16)6-10(12)17/h4-7,11,16H,8,17H2,1-3H3,(H,18,21)(H,19,20)/t11-/m0/s1. The molecule has 0 saturated carbocycles. The van der Waals surface area contributed by atoms with E-state index in [0.717, 1.165) is 6.21 Å². The van der Waals surface area contributed by atoms with Crippen molar-refractivity contribution >= 4 is 24.0 Å². The van der Waals surface area contributed by atoms with Crippen LogP contribution in [-0.2, 0) is 9.53 Å². The Balaban J connectivity index is 2.69. The highest BCUT2D eigenvalue weighted by Gasteiger charge is 2.24. The number of nitrogen functional groups attached to an aromatic ring is 1. The number of carboxylic acid groups (broad SMARTS) is 1. The average Bonchev–Trinajstić information content (AvgIpc) is 2.42. The number of hydrogen-bond donors (Lipinski definition) is 4. The minimum absolute atomic E-state index is 0.271. The monoisotopic (exact) mass is 323 g/mol. The summed E-state index contributed by atoms with van der Waals surface area (Å²) in [6, 6.07) is 3.38. The molecule has 8 nitrogen and oxygen atoms in total. The summed E-state index contributed by atoms with van der Waals surface area (Å²) in [6.45, 7) is 4.70. The van der Waals surface area contributed by atoms with Crippen LogP contribution in [0.25, 0.3) is 0 Å². The number of nitrogens with two attached hydrogens (primary N) is 1. The number of amides is 1. The normalized spacial score (nSPS) is 12.1. The Labute approximate surface area is 134 Å². The Bertz CT molecular complexity index is 595. The molecular formula is C15H21N3O5. The molecule has 126 valence electrons. The van der Waals surface area contributed by atoms with Gasteiger partial charge in [-0.25, -0.2) is 9.59 Å². The fraction of sp³-hybridized carbons (Fsp3) is 0.400. The average molecular weight is 323 g/mol. The molecule has 1 amide bonds. The molecule has 23 heavy (non-hydrogen) atoms. The zero-order chi connectivity index (χ0) is 17.6. The van der Waals surface area contributed by atoms with Crippen LogP contribution in [0.4, 0.5) is 10.5 Å². The number of carbonyl (C=O) groups excluding carboxylic acids is 1. The maximum absolute atomic E-state index is 11.6. The van der Waals surface area contributed by atoms with Crippen LogP contribution in [0, 0.1) is 5.41 Å². The van der Waals surface area contributed by atoms with Crippen LogP contribution < -0.4 is 15.8 Å². The molecule has 0 saturated heterocycles. The maximum Gasteiger partial charge on any atom is 0.408 e. The van der Waals surface area contributed by atoms with Gasteiger partial charge in [-0.05, 0) is 44.5 Å². The van der Waals surface area contributed by atoms with E-state index in [9.17, 15) is 9.59 Å². The van der Waals surface area contributed by atoms with E-state index in [-0.39, 0.29) is 18.0 Å². The van der Waals surface area contributed by atoms with Crippen molar-refractivity contribution in [1.29, 1.82) is 5.41 Å². The lowest BCUT2D eigenvalue weighted by molar-refractivity contribution is -0.140. The van der Waals surface area contributed by atoms with Crippen LogP contribution >= 0.6 is 0 Å². The van der Waals surface area contributed by atoms with Gasteiger partial charge in [0.15, 0.2) is 6.04 Å². The number of rotatable bonds is 6. The van der Waals surface area contributed by atoms with Crippen molar-refractivity contribution in [3.8, 4) is 5.75 Å². The molecule has 0 aliphatic heterocycles. The first kappa shape index (κ1) is 18.3. The SMILES string of the molecule is CC(C)(C)OC(=O)N[C@@H](COc1ccc(C=N)cc1N)C(=O)O. The fourth-order valence-corrected chi connectivity index (χ4v) is 1.59. The molecule has 1 atom stereocenters. The van der Waals surface area contributed by atoms with Crippen molar-refractivity contribution in [3.63, 3.8) is 0 Å². The van der Waals surface area contributed by atoms with E-state index < -0.39 is 23.7 Å². The second-order valence-corrected chi connectivity index (χ2v) is 5.79. The van der Waals surface area contributed by atoms with Crippen LogP contribution in [0.1, 0.15) is 26.3 Å². The van der Waals surface area contributed by atoms with E-state index in [4.69, 9.17) is 25.7 Å². The third kappa shape index (κ3) is 6.25. The summed E-state index contributed by atoms with van der Waals surface area (Å²) in [5, 5.41) is 18.5. The van der Waals surface area contributed by atoms with Gasteiger partial charge in [0.1, 0.15) is 18.0 Å². The molecule has 0 radical (unpaired) electrons. The van der Waals surface area contributed by atoms with Crippen molar-refractivity contribution in [3.05, 3.63) is 23.8 Å². The summed E-state index contributed by atoms with van der Waals surface area (Å²) < 4.78 is 10.3. The zero-order valence-electron chi connectivity index (χ0n) is 13.3. The van der Waals surface area contributed by atoms with Crippen LogP contribution in [0.15, 0.2) is 18.2 Å². The summed E-state index contributed by atoms with van der Waals surface area (Å²) in [7, 11) is 0. The van der Waals surface area contributed by atoms with Crippen molar-refractivity contribution in [1.82, 2.24) is 5.32 Å². The first-order valence-corrected chi connectivity index (χ1v) is 6.87. The highest BCUT2D eigenvalue weighted by Crippen LogP contribution is 2.22. The predicted molar refractivity (Wildman–Crippen MR) is 85.0 cm³/mol. The second kappa shape index (κ2) is 7.48. The van der Waals surface area contributed by atoms with Gasteiger partial charge in [0.25, 0.3) is 0 Å². The number of alkyl carbamates (subject to hydrolysis) is 1. The van der Waals surface area contributed by atoms with Crippen molar-refractivity contribution in [2.75, 3.05) is 12.3 Å². The van der Waals surface area contributed by atoms with Crippen molar-refractivity contribution < 1.29 is 24.2 Å². The molecule has 0 aliphatic carbocycles. The van der Waals surface area contributed by atoms with E-state index in [0.29, 0.717) is 5.56 Å². The zero-order valence-corrected chi connectivity index (χ0v) is 13.3. The number of aliphatic carboxylic acids is 1. The fourth-order valence-electron chi connectivity index (χ4n) is 1.59. The number of anilines is 1. The Kier molecular flexibility index (Phi) is 5.94. The lowest BCUT2D eigenvalue weighted by Gasteiger charge is -2.22. The van der Waals surface area contributed by atoms with Crippen molar-refractivity contribution in [2.45, 2.75) is 32.4 Å². The minimum Gasteiger partial charge on any atom is -0.489 e. The van der Waals surface area contributed by atoms with E-state index >= 15 is 0 Å². The largest absolute Gasteiger partial charge is 0.489 e. The highest BCUT2D eigenvalue weighted by atomic mass is 16.6. The topological polar surface area (TPSA) is 135 Å². The second-order valence-electron chi connectivity index (χ2n) is 5.79. The Morgan fingerprint density at radius 3 is 2.57 bits per heavy atom. The van der Waals surface area contributed by atoms with Gasteiger partial charge in [-0.3, -0.25) is 0 Å². The van der Waals surface area contributed by atoms with E-state index in [1.807, 2.05) is 0 Å². The molecule has 0 fully saturated rings. The molecule has 0 aromatic heterocycles. The summed E-state index contributed by atoms with van der Waals surface area (Å²) >= 11 is 0. The molecule has 5 N–H and O–H groups in total. The van der Waals surface area contributed by atoms with Crippen LogP contribution in [-0.4, -0.2) is 41.6 Å². The first-order valence-electron chi connectivity index (χ1n) is 6.87. The number of carbonyl (C=O) groups is 2. The first-order chi connectivity index (χ1) is 10.6. The Hall–Kier alpha value is -2.77. The molecular weight excluding hydrogens is 302 g/mol. The van der Waals surface area contributed by atoms with Crippen LogP contribution in [0.5, 0.6) is 5.75 Å². The molecule has 1 aromatic rings.